The van der Waals surface area contributed by atoms with Gasteiger partial charge in [-0.3, -0.25) is 0 Å². The molecule has 13 aromatic rings. The van der Waals surface area contributed by atoms with Crippen LogP contribution < -0.4 is 5.73 Å². The molecule has 2 aliphatic rings. The van der Waals surface area contributed by atoms with Gasteiger partial charge in [-0.15, -0.1) is 0 Å². The number of fused-ring (bicyclic) bond motifs is 9. The van der Waals surface area contributed by atoms with Gasteiger partial charge in [-0.2, -0.15) is 0 Å². The lowest BCUT2D eigenvalue weighted by Crippen LogP contribution is -2.16. The molecule has 0 saturated heterocycles. The summed E-state index contributed by atoms with van der Waals surface area (Å²) in [7, 11) is 0. The van der Waals surface area contributed by atoms with Crippen LogP contribution in [0.2, 0.25) is 0 Å². The number of aromatic nitrogens is 3. The largest absolute Gasteiger partial charge is 0.383 e. The minimum atomic E-state index is 0.384. The maximum atomic E-state index is 6.67. The van der Waals surface area contributed by atoms with Gasteiger partial charge in [0.25, 0.3) is 0 Å². The Bertz CT molecular complexity index is 4790. The predicted octanol–water partition coefficient (Wildman–Crippen LogP) is 18.7. The van der Waals surface area contributed by atoms with E-state index in [1.54, 1.807) is 0 Å². The molecule has 0 saturated carbocycles. The summed E-state index contributed by atoms with van der Waals surface area (Å²) in [5.74, 6) is 0.874. The zero-order valence-electron chi connectivity index (χ0n) is 45.3. The normalized spacial score (nSPS) is 13.8. The second-order valence-corrected chi connectivity index (χ2v) is 21.4. The second-order valence-electron chi connectivity index (χ2n) is 21.4. The van der Waals surface area contributed by atoms with Gasteiger partial charge in [0, 0.05) is 66.3 Å². The van der Waals surface area contributed by atoms with Crippen molar-refractivity contribution in [2.75, 3.05) is 0 Å². The van der Waals surface area contributed by atoms with Crippen LogP contribution in [0.1, 0.15) is 52.8 Å². The number of nitrogens with zero attached hydrogens (tertiary/aromatic N) is 5. The SMILES string of the molecule is C=C(/N=C(\N=C(/N)c1ccccc1)c1ccc(-c2ccc(C3=CCCC(n4c5c(c6cc(-c7ccc8c(c7)c7ccccc7n8-c7ccccc7)ccc64)C=CCC5)=C3)c(-n3c4ccccc4c4ccccc43)c2)cc1)c1ccccc1. The molecule has 2 aliphatic carbocycles. The molecule has 0 radical (unpaired) electrons. The highest BCUT2D eigenvalue weighted by atomic mass is 15.0. The van der Waals surface area contributed by atoms with E-state index in [4.69, 9.17) is 15.7 Å². The molecular weight excluding hydrogens is 997 g/mol. The average molecular weight is 1050 g/mol. The van der Waals surface area contributed by atoms with E-state index in [1.807, 2.05) is 60.7 Å². The van der Waals surface area contributed by atoms with E-state index in [0.717, 1.165) is 59.2 Å². The van der Waals surface area contributed by atoms with Crippen molar-refractivity contribution in [1.29, 1.82) is 0 Å². The number of amidine groups is 2. The van der Waals surface area contributed by atoms with Crippen LogP contribution in [0.5, 0.6) is 0 Å². The number of hydrogen-bond donors (Lipinski definition) is 1. The van der Waals surface area contributed by atoms with Crippen molar-refractivity contribution in [1.82, 2.24) is 13.7 Å². The van der Waals surface area contributed by atoms with E-state index in [-0.39, 0.29) is 0 Å². The number of benzene rings is 10. The number of allylic oxidation sites excluding steroid dienone is 5. The predicted molar refractivity (Wildman–Crippen MR) is 346 cm³/mol. The molecule has 0 spiro atoms. The molecule has 15 rings (SSSR count). The Hall–Kier alpha value is -10.6. The first-order valence-corrected chi connectivity index (χ1v) is 28.3. The molecule has 3 heterocycles. The second kappa shape index (κ2) is 20.3. The topological polar surface area (TPSA) is 65.5 Å². The van der Waals surface area contributed by atoms with Crippen LogP contribution in [-0.2, 0) is 6.42 Å². The fourth-order valence-electron chi connectivity index (χ4n) is 12.7. The molecule has 0 aliphatic heterocycles. The zero-order chi connectivity index (χ0) is 54.7. The van der Waals surface area contributed by atoms with E-state index in [9.17, 15) is 0 Å². The van der Waals surface area contributed by atoms with Crippen LogP contribution in [0.4, 0.5) is 0 Å². The first-order valence-electron chi connectivity index (χ1n) is 28.3. The van der Waals surface area contributed by atoms with E-state index in [2.05, 4.69) is 227 Å². The van der Waals surface area contributed by atoms with Gasteiger partial charge in [-0.25, -0.2) is 9.98 Å². The highest BCUT2D eigenvalue weighted by molar-refractivity contribution is 6.14. The molecule has 390 valence electrons. The minimum absolute atomic E-state index is 0.384. The Balaban J connectivity index is 0.833. The maximum absolute atomic E-state index is 6.67. The summed E-state index contributed by atoms with van der Waals surface area (Å²) in [4.78, 5) is 9.92. The summed E-state index contributed by atoms with van der Waals surface area (Å²) in [5.41, 5.74) is 29.2. The fraction of sp³-hybridized carbons (Fsp3) is 0.0526. The smallest absolute Gasteiger partial charge is 0.162 e. The molecule has 82 heavy (non-hydrogen) atoms. The van der Waals surface area contributed by atoms with Crippen molar-refractivity contribution < 1.29 is 0 Å². The van der Waals surface area contributed by atoms with E-state index in [1.165, 1.54) is 99.4 Å². The van der Waals surface area contributed by atoms with Crippen LogP contribution in [0.3, 0.4) is 0 Å². The summed E-state index contributed by atoms with van der Waals surface area (Å²) < 4.78 is 7.46. The summed E-state index contributed by atoms with van der Waals surface area (Å²) in [6.45, 7) is 4.33. The number of para-hydroxylation sites is 4. The first kappa shape index (κ1) is 48.6. The summed E-state index contributed by atoms with van der Waals surface area (Å²) >= 11 is 0. The molecule has 3 aromatic heterocycles. The Morgan fingerprint density at radius 2 is 0.963 bits per heavy atom. The highest BCUT2D eigenvalue weighted by Gasteiger charge is 2.24. The van der Waals surface area contributed by atoms with Gasteiger partial charge >= 0.3 is 0 Å². The summed E-state index contributed by atoms with van der Waals surface area (Å²) in [6.07, 6.45) is 13.5. The molecular formula is C76H56N6. The molecule has 10 aromatic carbocycles. The number of aliphatic imine (C=N–C) groups is 2. The van der Waals surface area contributed by atoms with Gasteiger partial charge in [0.2, 0.25) is 0 Å². The number of hydrogen-bond acceptors (Lipinski definition) is 1. The van der Waals surface area contributed by atoms with Crippen LogP contribution in [0.25, 0.3) is 111 Å². The molecule has 2 N–H and O–H groups in total. The molecule has 0 unspecified atom stereocenters. The van der Waals surface area contributed by atoms with Crippen molar-refractivity contribution in [2.45, 2.75) is 25.7 Å². The van der Waals surface area contributed by atoms with Crippen molar-refractivity contribution in [2.24, 2.45) is 15.7 Å². The van der Waals surface area contributed by atoms with Gasteiger partial charge in [-0.1, -0.05) is 207 Å². The Labute approximate surface area is 476 Å². The highest BCUT2D eigenvalue weighted by Crippen LogP contribution is 2.43. The van der Waals surface area contributed by atoms with Gasteiger partial charge in [0.1, 0.15) is 5.84 Å². The van der Waals surface area contributed by atoms with Crippen molar-refractivity contribution in [3.8, 4) is 33.6 Å². The number of nitrogens with two attached hydrogens (primary N) is 1. The van der Waals surface area contributed by atoms with Crippen molar-refractivity contribution in [3.63, 3.8) is 0 Å². The third kappa shape index (κ3) is 8.43. The fourth-order valence-corrected chi connectivity index (χ4v) is 12.7. The van der Waals surface area contributed by atoms with Crippen LogP contribution in [0, 0.1) is 0 Å². The van der Waals surface area contributed by atoms with Gasteiger partial charge in [0.05, 0.1) is 39.0 Å². The maximum Gasteiger partial charge on any atom is 0.162 e. The van der Waals surface area contributed by atoms with Gasteiger partial charge < -0.3 is 19.4 Å². The van der Waals surface area contributed by atoms with Gasteiger partial charge in [-0.05, 0) is 126 Å². The zero-order valence-corrected chi connectivity index (χ0v) is 45.3. The third-order valence-electron chi connectivity index (χ3n) is 16.6. The lowest BCUT2D eigenvalue weighted by atomic mass is 9.93. The Kier molecular flexibility index (Phi) is 12.0. The lowest BCUT2D eigenvalue weighted by molar-refractivity contribution is 0.864. The molecule has 0 fully saturated rings. The minimum Gasteiger partial charge on any atom is -0.383 e. The van der Waals surface area contributed by atoms with Crippen LogP contribution in [0.15, 0.2) is 277 Å². The Morgan fingerprint density at radius 3 is 1.65 bits per heavy atom. The lowest BCUT2D eigenvalue weighted by Gasteiger charge is -2.22. The van der Waals surface area contributed by atoms with E-state index >= 15 is 0 Å². The molecule has 6 heteroatoms. The summed E-state index contributed by atoms with van der Waals surface area (Å²) in [6, 6.07) is 86.5. The quantitative estimate of drug-likeness (QED) is 0.108. The van der Waals surface area contributed by atoms with Crippen LogP contribution >= 0.6 is 0 Å². The van der Waals surface area contributed by atoms with Crippen molar-refractivity contribution in [3.05, 3.63) is 301 Å². The standard InChI is InChI=1S/C76H56N6/c1-50(51-20-5-2-6-21-51)78-76(79-75(77)53-22-7-3-8-23-53)54-38-36-52(37-39-54)57-40-43-61(74(49-57)82-70-34-17-11-28-62(70)63-29-12-18-35-71(63)82)58-24-19-27-60(46-58)81-69-33-16-14-31-65(69)67-48-56(42-45-73(67)81)55-41-44-72-66(47-55)64-30-13-15-32-68(64)80(72)59-25-9-4-10-26-59/h2-15,17-18,20-26,28-32,34-49H,1,16,19,27,33H2,(H2,77,78,79). The Morgan fingerprint density at radius 1 is 0.427 bits per heavy atom. The third-order valence-corrected chi connectivity index (χ3v) is 16.6. The monoisotopic (exact) mass is 1050 g/mol. The summed E-state index contributed by atoms with van der Waals surface area (Å²) in [5, 5.41) is 6.26. The molecule has 6 nitrogen and oxygen atoms in total. The molecule has 0 bridgehead atoms. The van der Waals surface area contributed by atoms with Crippen molar-refractivity contribution >= 4 is 89.2 Å². The van der Waals surface area contributed by atoms with E-state index < -0.39 is 0 Å². The number of rotatable bonds is 10. The molecule has 0 amide bonds. The molecule has 0 atom stereocenters. The average Bonchev–Trinajstić information content (AvgIpc) is 3.77. The first-order chi connectivity index (χ1) is 40.5. The van der Waals surface area contributed by atoms with Gasteiger partial charge in [0.15, 0.2) is 5.84 Å². The van der Waals surface area contributed by atoms with Crippen LogP contribution in [-0.4, -0.2) is 25.4 Å². The van der Waals surface area contributed by atoms with E-state index in [0.29, 0.717) is 17.4 Å².